The van der Waals surface area contributed by atoms with Crippen molar-refractivity contribution in [2.45, 2.75) is 11.4 Å². The third-order valence-electron chi connectivity index (χ3n) is 2.55. The molecule has 0 amide bonds. The van der Waals surface area contributed by atoms with Gasteiger partial charge in [0.05, 0.1) is 4.90 Å². The van der Waals surface area contributed by atoms with Crippen LogP contribution in [0.2, 0.25) is 0 Å². The topological polar surface area (TPSA) is 77.1 Å². The summed E-state index contributed by atoms with van der Waals surface area (Å²) in [7, 11) is -1.70. The number of aromatic nitrogens is 1. The van der Waals surface area contributed by atoms with E-state index in [0.29, 0.717) is 6.54 Å². The van der Waals surface area contributed by atoms with Crippen LogP contribution in [0.5, 0.6) is 0 Å². The molecular formula is C12H15N3O2S. The Morgan fingerprint density at radius 3 is 2.72 bits per heavy atom. The Labute approximate surface area is 106 Å². The molecule has 18 heavy (non-hydrogen) atoms. The molecule has 96 valence electrons. The molecule has 1 heterocycles. The van der Waals surface area contributed by atoms with E-state index in [0.717, 1.165) is 11.3 Å². The van der Waals surface area contributed by atoms with E-state index in [1.165, 1.54) is 12.1 Å². The van der Waals surface area contributed by atoms with Crippen molar-refractivity contribution < 1.29 is 8.42 Å². The fourth-order valence-electron chi connectivity index (χ4n) is 1.65. The second-order valence-corrected chi connectivity index (χ2v) is 5.67. The van der Waals surface area contributed by atoms with E-state index in [1.807, 2.05) is 30.1 Å². The third kappa shape index (κ3) is 3.12. The maximum absolute atomic E-state index is 11.2. The molecule has 1 aromatic heterocycles. The molecule has 2 aromatic rings. The lowest BCUT2D eigenvalue weighted by molar-refractivity contribution is 0.598. The van der Waals surface area contributed by atoms with E-state index < -0.39 is 10.0 Å². The monoisotopic (exact) mass is 265 g/mol. The van der Waals surface area contributed by atoms with Crippen molar-refractivity contribution in [3.8, 4) is 0 Å². The summed E-state index contributed by atoms with van der Waals surface area (Å²) in [6, 6.07) is 8.46. The lowest BCUT2D eigenvalue weighted by atomic mass is 10.3. The summed E-state index contributed by atoms with van der Waals surface area (Å²) in [6.07, 6.45) is 3.95. The van der Waals surface area contributed by atoms with Crippen molar-refractivity contribution in [1.82, 2.24) is 4.57 Å². The Morgan fingerprint density at radius 2 is 2.11 bits per heavy atom. The minimum atomic E-state index is -3.65. The number of primary sulfonamides is 1. The van der Waals surface area contributed by atoms with E-state index in [-0.39, 0.29) is 4.90 Å². The summed E-state index contributed by atoms with van der Waals surface area (Å²) >= 11 is 0. The Hall–Kier alpha value is -1.79. The summed E-state index contributed by atoms with van der Waals surface area (Å²) in [6.45, 7) is 0.634. The van der Waals surface area contributed by atoms with Crippen LogP contribution in [0.15, 0.2) is 47.6 Å². The molecule has 0 saturated carbocycles. The van der Waals surface area contributed by atoms with Gasteiger partial charge >= 0.3 is 0 Å². The molecule has 2 rings (SSSR count). The maximum atomic E-state index is 11.2. The minimum Gasteiger partial charge on any atom is -0.381 e. The molecule has 0 fully saturated rings. The number of rotatable bonds is 4. The predicted molar refractivity (Wildman–Crippen MR) is 70.6 cm³/mol. The van der Waals surface area contributed by atoms with Crippen LogP contribution in [0.25, 0.3) is 0 Å². The SMILES string of the molecule is Cn1ccc(CNc2cccc(S(N)(=O)=O)c2)c1. The first-order valence-electron chi connectivity index (χ1n) is 5.43. The van der Waals surface area contributed by atoms with Gasteiger partial charge in [-0.1, -0.05) is 6.07 Å². The first-order chi connectivity index (χ1) is 8.45. The molecule has 0 atom stereocenters. The van der Waals surface area contributed by atoms with Gasteiger partial charge < -0.3 is 9.88 Å². The number of nitrogens with zero attached hydrogens (tertiary/aromatic N) is 1. The van der Waals surface area contributed by atoms with Crippen LogP contribution in [-0.4, -0.2) is 13.0 Å². The largest absolute Gasteiger partial charge is 0.381 e. The normalized spacial score (nSPS) is 11.4. The van der Waals surface area contributed by atoms with Gasteiger partial charge in [0.25, 0.3) is 0 Å². The summed E-state index contributed by atoms with van der Waals surface area (Å²) in [4.78, 5) is 0.112. The number of hydrogen-bond acceptors (Lipinski definition) is 3. The highest BCUT2D eigenvalue weighted by Crippen LogP contribution is 2.15. The molecule has 0 spiro atoms. The molecule has 3 N–H and O–H groups in total. The predicted octanol–water partition coefficient (Wildman–Crippen LogP) is 1.28. The fraction of sp³-hybridized carbons (Fsp3) is 0.167. The molecule has 0 saturated heterocycles. The Balaban J connectivity index is 2.11. The average molecular weight is 265 g/mol. The maximum Gasteiger partial charge on any atom is 0.238 e. The molecule has 0 aliphatic heterocycles. The molecule has 0 bridgehead atoms. The zero-order chi connectivity index (χ0) is 13.2. The van der Waals surface area contributed by atoms with Crippen LogP contribution in [0.3, 0.4) is 0 Å². The molecule has 0 unspecified atom stereocenters. The van der Waals surface area contributed by atoms with Crippen LogP contribution in [0.1, 0.15) is 5.56 Å². The van der Waals surface area contributed by atoms with E-state index >= 15 is 0 Å². The smallest absolute Gasteiger partial charge is 0.238 e. The van der Waals surface area contributed by atoms with E-state index in [4.69, 9.17) is 5.14 Å². The van der Waals surface area contributed by atoms with Crippen molar-refractivity contribution >= 4 is 15.7 Å². The number of nitrogens with one attached hydrogen (secondary N) is 1. The Bertz CT molecular complexity index is 647. The van der Waals surface area contributed by atoms with Gasteiger partial charge in [0.2, 0.25) is 10.0 Å². The highest BCUT2D eigenvalue weighted by atomic mass is 32.2. The number of benzene rings is 1. The Morgan fingerprint density at radius 1 is 1.33 bits per heavy atom. The van der Waals surface area contributed by atoms with Gasteiger partial charge in [0.1, 0.15) is 0 Å². The lowest BCUT2D eigenvalue weighted by Crippen LogP contribution is -2.12. The number of nitrogens with two attached hydrogens (primary N) is 1. The van der Waals surface area contributed by atoms with Gasteiger partial charge in [-0.25, -0.2) is 13.6 Å². The van der Waals surface area contributed by atoms with Gasteiger partial charge in [0.15, 0.2) is 0 Å². The van der Waals surface area contributed by atoms with Crippen LogP contribution in [0, 0.1) is 0 Å². The quantitative estimate of drug-likeness (QED) is 0.874. The van der Waals surface area contributed by atoms with Crippen molar-refractivity contribution in [3.05, 3.63) is 48.3 Å². The molecule has 0 aliphatic carbocycles. The van der Waals surface area contributed by atoms with Crippen molar-refractivity contribution in [2.75, 3.05) is 5.32 Å². The standard InChI is InChI=1S/C12H15N3O2S/c1-15-6-5-10(9-15)8-14-11-3-2-4-12(7-11)18(13,16)17/h2-7,9,14H,8H2,1H3,(H2,13,16,17). The molecule has 1 aromatic carbocycles. The van der Waals surface area contributed by atoms with Gasteiger partial charge in [-0.2, -0.15) is 0 Å². The van der Waals surface area contributed by atoms with Crippen molar-refractivity contribution in [1.29, 1.82) is 0 Å². The van der Waals surface area contributed by atoms with E-state index in [9.17, 15) is 8.42 Å². The number of aryl methyl sites for hydroxylation is 1. The molecular weight excluding hydrogens is 250 g/mol. The van der Waals surface area contributed by atoms with E-state index in [1.54, 1.807) is 12.1 Å². The van der Waals surface area contributed by atoms with Crippen LogP contribution in [0.4, 0.5) is 5.69 Å². The van der Waals surface area contributed by atoms with Crippen LogP contribution in [-0.2, 0) is 23.6 Å². The molecule has 0 aliphatic rings. The van der Waals surface area contributed by atoms with Gasteiger partial charge in [-0.3, -0.25) is 0 Å². The first-order valence-corrected chi connectivity index (χ1v) is 6.97. The summed E-state index contributed by atoms with van der Waals surface area (Å²) in [5, 5.41) is 8.23. The van der Waals surface area contributed by atoms with Gasteiger partial charge in [0, 0.05) is 31.7 Å². The van der Waals surface area contributed by atoms with Gasteiger partial charge in [-0.15, -0.1) is 0 Å². The summed E-state index contributed by atoms with van der Waals surface area (Å²) in [5.74, 6) is 0. The summed E-state index contributed by atoms with van der Waals surface area (Å²) in [5.41, 5.74) is 1.85. The summed E-state index contributed by atoms with van der Waals surface area (Å²) < 4.78 is 24.4. The molecule has 6 heteroatoms. The second-order valence-electron chi connectivity index (χ2n) is 4.11. The highest BCUT2D eigenvalue weighted by Gasteiger charge is 2.07. The second kappa shape index (κ2) is 4.83. The zero-order valence-corrected chi connectivity index (χ0v) is 10.8. The Kier molecular flexibility index (Phi) is 3.40. The lowest BCUT2D eigenvalue weighted by Gasteiger charge is -2.06. The van der Waals surface area contributed by atoms with Crippen molar-refractivity contribution in [2.24, 2.45) is 12.2 Å². The van der Waals surface area contributed by atoms with Crippen molar-refractivity contribution in [3.63, 3.8) is 0 Å². The molecule has 0 radical (unpaired) electrons. The zero-order valence-electron chi connectivity index (χ0n) is 10.00. The minimum absolute atomic E-state index is 0.112. The third-order valence-corrected chi connectivity index (χ3v) is 3.46. The van der Waals surface area contributed by atoms with Crippen LogP contribution < -0.4 is 10.5 Å². The number of anilines is 1. The first kappa shape index (κ1) is 12.7. The van der Waals surface area contributed by atoms with E-state index in [2.05, 4.69) is 5.32 Å². The highest BCUT2D eigenvalue weighted by molar-refractivity contribution is 7.89. The molecule has 5 nitrogen and oxygen atoms in total. The fourth-order valence-corrected chi connectivity index (χ4v) is 2.21. The van der Waals surface area contributed by atoms with Gasteiger partial charge in [-0.05, 0) is 29.8 Å². The number of sulfonamides is 1. The average Bonchev–Trinajstić information content (AvgIpc) is 2.72. The van der Waals surface area contributed by atoms with Crippen LogP contribution >= 0.6 is 0 Å². The number of hydrogen-bond donors (Lipinski definition) is 2.